The van der Waals surface area contributed by atoms with Crippen LogP contribution in [0.2, 0.25) is 0 Å². The van der Waals surface area contributed by atoms with Gasteiger partial charge in [-0.1, -0.05) is 6.07 Å². The summed E-state index contributed by atoms with van der Waals surface area (Å²) >= 11 is 0. The molecule has 0 saturated carbocycles. The Balaban J connectivity index is 2.50. The molecule has 1 saturated heterocycles. The molecule has 1 aliphatic rings. The van der Waals surface area contributed by atoms with Gasteiger partial charge in [-0.25, -0.2) is 4.39 Å². The molecule has 1 unspecified atom stereocenters. The third-order valence-electron chi connectivity index (χ3n) is 3.66. The number of methoxy groups -OCH3 is 2. The van der Waals surface area contributed by atoms with Crippen molar-refractivity contribution >= 4 is 5.97 Å². The number of carbonyl (C=O) groups is 1. The van der Waals surface area contributed by atoms with Crippen molar-refractivity contribution in [2.45, 2.75) is 38.3 Å². The fraction of sp³-hybridized carbons (Fsp3) is 0.533. The molecule has 0 N–H and O–H groups in total. The zero-order valence-electron chi connectivity index (χ0n) is 12.8. The number of hydrogen-bond donors (Lipinski definition) is 0. The van der Waals surface area contributed by atoms with Crippen molar-refractivity contribution in [1.29, 1.82) is 0 Å². The van der Waals surface area contributed by atoms with Gasteiger partial charge in [-0.15, -0.1) is 0 Å². The van der Waals surface area contributed by atoms with E-state index in [1.54, 1.807) is 6.92 Å². The smallest absolute Gasteiger partial charge is 0.304 e. The molecular formula is C15H18F2O5. The Morgan fingerprint density at radius 1 is 1.27 bits per heavy atom. The predicted octanol–water partition coefficient (Wildman–Crippen LogP) is 2.38. The van der Waals surface area contributed by atoms with E-state index >= 15 is 0 Å². The van der Waals surface area contributed by atoms with Crippen LogP contribution in [0.1, 0.15) is 25.3 Å². The second-order valence-electron chi connectivity index (χ2n) is 5.03. The van der Waals surface area contributed by atoms with Crippen LogP contribution in [-0.4, -0.2) is 38.7 Å². The number of hydrogen-bond acceptors (Lipinski definition) is 5. The average molecular weight is 316 g/mol. The van der Waals surface area contributed by atoms with Gasteiger partial charge in [0.25, 0.3) is 0 Å². The van der Waals surface area contributed by atoms with Gasteiger partial charge in [-0.2, -0.15) is 4.39 Å². The van der Waals surface area contributed by atoms with Crippen molar-refractivity contribution in [2.75, 3.05) is 14.2 Å². The zero-order chi connectivity index (χ0) is 16.4. The molecule has 122 valence electrons. The molecular weight excluding hydrogens is 298 g/mol. The van der Waals surface area contributed by atoms with E-state index in [1.807, 2.05) is 0 Å². The summed E-state index contributed by atoms with van der Waals surface area (Å²) in [4.78, 5) is 11.2. The Kier molecular flexibility index (Phi) is 4.97. The van der Waals surface area contributed by atoms with Crippen LogP contribution >= 0.6 is 0 Å². The second-order valence-corrected chi connectivity index (χ2v) is 5.03. The zero-order valence-corrected chi connectivity index (χ0v) is 12.8. The van der Waals surface area contributed by atoms with Gasteiger partial charge in [0.1, 0.15) is 0 Å². The Bertz CT molecular complexity index is 563. The highest BCUT2D eigenvalue weighted by Crippen LogP contribution is 2.42. The molecule has 0 bridgehead atoms. The molecule has 2 rings (SSSR count). The second kappa shape index (κ2) is 6.58. The van der Waals surface area contributed by atoms with Gasteiger partial charge in [0, 0.05) is 19.6 Å². The highest BCUT2D eigenvalue weighted by atomic mass is 19.2. The lowest BCUT2D eigenvalue weighted by Crippen LogP contribution is -2.29. The number of halogens is 2. The first-order valence-corrected chi connectivity index (χ1v) is 6.78. The molecule has 1 fully saturated rings. The van der Waals surface area contributed by atoms with Crippen molar-refractivity contribution in [1.82, 2.24) is 0 Å². The molecule has 1 aromatic carbocycles. The van der Waals surface area contributed by atoms with E-state index in [1.165, 1.54) is 27.2 Å². The molecule has 0 aromatic heterocycles. The number of ether oxygens (including phenoxy) is 4. The van der Waals surface area contributed by atoms with Crippen LogP contribution in [-0.2, 0) is 19.0 Å². The van der Waals surface area contributed by atoms with E-state index < -0.39 is 42.0 Å². The molecule has 1 aromatic rings. The minimum absolute atomic E-state index is 0.248. The summed E-state index contributed by atoms with van der Waals surface area (Å²) in [5.74, 6) is -3.54. The quantitative estimate of drug-likeness (QED) is 0.798. The lowest BCUT2D eigenvalue weighted by molar-refractivity contribution is -0.174. The van der Waals surface area contributed by atoms with E-state index in [0.29, 0.717) is 5.56 Å². The first-order valence-electron chi connectivity index (χ1n) is 6.78. The normalized spacial score (nSPS) is 27.7. The molecule has 0 aliphatic carbocycles. The monoisotopic (exact) mass is 316 g/mol. The summed E-state index contributed by atoms with van der Waals surface area (Å²) < 4.78 is 48.4. The fourth-order valence-electron chi connectivity index (χ4n) is 2.76. The van der Waals surface area contributed by atoms with Crippen molar-refractivity contribution in [3.05, 3.63) is 29.3 Å². The van der Waals surface area contributed by atoms with E-state index in [9.17, 15) is 13.6 Å². The maximum Gasteiger partial charge on any atom is 0.304 e. The summed E-state index contributed by atoms with van der Waals surface area (Å²) in [7, 11) is 2.71. The van der Waals surface area contributed by atoms with E-state index in [4.69, 9.17) is 18.9 Å². The van der Waals surface area contributed by atoms with Gasteiger partial charge in [0.2, 0.25) is 12.1 Å². The van der Waals surface area contributed by atoms with Gasteiger partial charge < -0.3 is 18.9 Å². The number of esters is 1. The Hall–Kier alpha value is -1.73. The van der Waals surface area contributed by atoms with Crippen LogP contribution in [0.4, 0.5) is 8.78 Å². The lowest BCUT2D eigenvalue weighted by Gasteiger charge is -2.24. The summed E-state index contributed by atoms with van der Waals surface area (Å²) in [6, 6.07) is 2.37. The topological polar surface area (TPSA) is 54.0 Å². The molecule has 22 heavy (non-hydrogen) atoms. The first-order chi connectivity index (χ1) is 10.4. The molecule has 7 heteroatoms. The molecule has 0 radical (unpaired) electrons. The summed E-state index contributed by atoms with van der Waals surface area (Å²) in [6.07, 6.45) is -1.85. The van der Waals surface area contributed by atoms with Crippen LogP contribution in [0.25, 0.3) is 0 Å². The summed E-state index contributed by atoms with van der Waals surface area (Å²) in [5.41, 5.74) is 0.323. The minimum Gasteiger partial charge on any atom is -0.493 e. The van der Waals surface area contributed by atoms with E-state index in [-0.39, 0.29) is 5.75 Å². The Labute approximate surface area is 127 Å². The summed E-state index contributed by atoms with van der Waals surface area (Å²) in [5, 5.41) is 0. The molecule has 4 atom stereocenters. The van der Waals surface area contributed by atoms with Crippen LogP contribution in [0.3, 0.4) is 0 Å². The highest BCUT2D eigenvalue weighted by molar-refractivity contribution is 5.66. The third kappa shape index (κ3) is 2.91. The standard InChI is InChI=1S/C15H18F2O5/c1-7-13(19-3)11(15(21-7)22-8(2)18)9-5-6-10(16)12(17)14(9)20-4/h5-7,11,13,15H,1-4H3/t7-,11+,13+,15?/m0/s1. The maximum absolute atomic E-state index is 13.9. The van der Waals surface area contributed by atoms with Crippen LogP contribution in [0, 0.1) is 11.6 Å². The number of benzene rings is 1. The fourth-order valence-corrected chi connectivity index (χ4v) is 2.76. The summed E-state index contributed by atoms with van der Waals surface area (Å²) in [6.45, 7) is 2.99. The van der Waals surface area contributed by atoms with Crippen LogP contribution in [0.15, 0.2) is 12.1 Å². The maximum atomic E-state index is 13.9. The largest absolute Gasteiger partial charge is 0.493 e. The molecule has 1 aliphatic heterocycles. The van der Waals surface area contributed by atoms with Crippen molar-refractivity contribution in [3.8, 4) is 5.75 Å². The first kappa shape index (κ1) is 16.6. The SMILES string of the molecule is COc1c([C@H]2C(OC(C)=O)O[C@@H](C)[C@H]2OC)ccc(F)c1F. The number of rotatable bonds is 4. The highest BCUT2D eigenvalue weighted by Gasteiger charge is 2.47. The molecule has 1 heterocycles. The predicted molar refractivity (Wildman–Crippen MR) is 72.5 cm³/mol. The van der Waals surface area contributed by atoms with Crippen molar-refractivity contribution in [3.63, 3.8) is 0 Å². The van der Waals surface area contributed by atoms with E-state index in [0.717, 1.165) is 6.07 Å². The number of carbonyl (C=O) groups excluding carboxylic acids is 1. The van der Waals surface area contributed by atoms with Gasteiger partial charge >= 0.3 is 5.97 Å². The Morgan fingerprint density at radius 3 is 2.50 bits per heavy atom. The third-order valence-corrected chi connectivity index (χ3v) is 3.66. The van der Waals surface area contributed by atoms with Crippen molar-refractivity contribution < 1.29 is 32.5 Å². The van der Waals surface area contributed by atoms with Gasteiger partial charge in [-0.3, -0.25) is 4.79 Å². The average Bonchev–Trinajstić information content (AvgIpc) is 2.76. The van der Waals surface area contributed by atoms with E-state index in [2.05, 4.69) is 0 Å². The van der Waals surface area contributed by atoms with Crippen molar-refractivity contribution in [2.24, 2.45) is 0 Å². The lowest BCUT2D eigenvalue weighted by atomic mass is 9.91. The molecule has 0 amide bonds. The molecule has 5 nitrogen and oxygen atoms in total. The Morgan fingerprint density at radius 2 is 1.95 bits per heavy atom. The van der Waals surface area contributed by atoms with Gasteiger partial charge in [0.15, 0.2) is 11.6 Å². The van der Waals surface area contributed by atoms with Gasteiger partial charge in [-0.05, 0) is 13.0 Å². The van der Waals surface area contributed by atoms with Crippen LogP contribution < -0.4 is 4.74 Å². The van der Waals surface area contributed by atoms with Crippen LogP contribution in [0.5, 0.6) is 5.75 Å². The molecule has 0 spiro atoms. The minimum atomic E-state index is -1.10. The van der Waals surface area contributed by atoms with Gasteiger partial charge in [0.05, 0.1) is 25.2 Å².